The van der Waals surface area contributed by atoms with Crippen LogP contribution < -0.4 is 0 Å². The SMILES string of the molecule is Cc1ccc(CN2CC[C@@H]3[C@@H](CO[C@H]3CN3CCN(C)CC3)C2)s1. The lowest BCUT2D eigenvalue weighted by Gasteiger charge is -2.38. The summed E-state index contributed by atoms with van der Waals surface area (Å²) in [7, 11) is 2.23. The van der Waals surface area contributed by atoms with Crippen molar-refractivity contribution in [2.75, 3.05) is 59.5 Å². The van der Waals surface area contributed by atoms with Gasteiger partial charge in [0.05, 0.1) is 12.7 Å². The molecule has 5 heteroatoms. The van der Waals surface area contributed by atoms with Crippen LogP contribution >= 0.6 is 11.3 Å². The number of fused-ring (bicyclic) bond motifs is 1. The van der Waals surface area contributed by atoms with Crippen LogP contribution in [0, 0.1) is 18.8 Å². The second-order valence-electron chi connectivity index (χ2n) is 7.94. The van der Waals surface area contributed by atoms with E-state index in [0.717, 1.165) is 31.5 Å². The standard InChI is InChI=1S/C19H31N3OS/c1-15-3-4-17(24-15)12-22-6-5-18-16(11-22)14-23-19(18)13-21-9-7-20(2)8-10-21/h3-4,16,18-19H,5-14H2,1-2H3/t16-,18-,19+/m1/s1. The van der Waals surface area contributed by atoms with Crippen LogP contribution in [0.2, 0.25) is 0 Å². The van der Waals surface area contributed by atoms with Crippen molar-refractivity contribution in [2.24, 2.45) is 11.8 Å². The van der Waals surface area contributed by atoms with Gasteiger partial charge in [0.2, 0.25) is 0 Å². The summed E-state index contributed by atoms with van der Waals surface area (Å²) >= 11 is 1.95. The number of hydrogen-bond donors (Lipinski definition) is 0. The van der Waals surface area contributed by atoms with Crippen molar-refractivity contribution in [3.8, 4) is 0 Å². The monoisotopic (exact) mass is 349 g/mol. The molecule has 0 bridgehead atoms. The fraction of sp³-hybridized carbons (Fsp3) is 0.789. The molecule has 3 fully saturated rings. The van der Waals surface area contributed by atoms with Crippen molar-refractivity contribution in [1.82, 2.24) is 14.7 Å². The molecule has 0 aromatic carbocycles. The lowest BCUT2D eigenvalue weighted by Crippen LogP contribution is -2.49. The minimum absolute atomic E-state index is 0.476. The van der Waals surface area contributed by atoms with Crippen LogP contribution in [-0.4, -0.2) is 80.3 Å². The average molecular weight is 350 g/mol. The Morgan fingerprint density at radius 2 is 1.96 bits per heavy atom. The molecule has 0 radical (unpaired) electrons. The van der Waals surface area contributed by atoms with Crippen molar-refractivity contribution in [1.29, 1.82) is 0 Å². The largest absolute Gasteiger partial charge is 0.376 e. The second-order valence-corrected chi connectivity index (χ2v) is 9.31. The molecule has 1 aromatic heterocycles. The average Bonchev–Trinajstić information content (AvgIpc) is 3.16. The second kappa shape index (κ2) is 7.42. The topological polar surface area (TPSA) is 19.0 Å². The zero-order chi connectivity index (χ0) is 16.5. The van der Waals surface area contributed by atoms with Crippen molar-refractivity contribution < 1.29 is 4.74 Å². The van der Waals surface area contributed by atoms with Crippen LogP contribution in [0.15, 0.2) is 12.1 Å². The number of piperidine rings is 1. The number of ether oxygens (including phenoxy) is 1. The predicted molar refractivity (Wildman–Crippen MR) is 99.6 cm³/mol. The van der Waals surface area contributed by atoms with E-state index >= 15 is 0 Å². The van der Waals surface area contributed by atoms with E-state index in [-0.39, 0.29) is 0 Å². The fourth-order valence-electron chi connectivity index (χ4n) is 4.57. The summed E-state index contributed by atoms with van der Waals surface area (Å²) in [4.78, 5) is 10.6. The van der Waals surface area contributed by atoms with Crippen LogP contribution in [0.3, 0.4) is 0 Å². The Bertz CT molecular complexity index is 540. The quantitative estimate of drug-likeness (QED) is 0.829. The highest BCUT2D eigenvalue weighted by atomic mass is 32.1. The number of piperazine rings is 1. The van der Waals surface area contributed by atoms with Crippen molar-refractivity contribution in [3.05, 3.63) is 21.9 Å². The van der Waals surface area contributed by atoms with Crippen LogP contribution in [0.4, 0.5) is 0 Å². The molecule has 4 heterocycles. The number of hydrogen-bond acceptors (Lipinski definition) is 5. The van der Waals surface area contributed by atoms with E-state index in [2.05, 4.69) is 40.8 Å². The fourth-order valence-corrected chi connectivity index (χ4v) is 5.50. The number of rotatable bonds is 4. The molecule has 24 heavy (non-hydrogen) atoms. The van der Waals surface area contributed by atoms with E-state index in [0.29, 0.717) is 6.10 Å². The Labute approximate surface area is 150 Å². The predicted octanol–water partition coefficient (Wildman–Crippen LogP) is 2.14. The summed E-state index contributed by atoms with van der Waals surface area (Å²) < 4.78 is 6.25. The maximum absolute atomic E-state index is 6.25. The molecule has 3 saturated heterocycles. The third-order valence-electron chi connectivity index (χ3n) is 6.09. The molecule has 3 aliphatic rings. The maximum Gasteiger partial charge on any atom is 0.0734 e. The molecule has 0 saturated carbocycles. The van der Waals surface area contributed by atoms with E-state index in [1.165, 1.54) is 55.4 Å². The maximum atomic E-state index is 6.25. The van der Waals surface area contributed by atoms with Gasteiger partial charge in [0, 0.05) is 61.5 Å². The van der Waals surface area contributed by atoms with Gasteiger partial charge >= 0.3 is 0 Å². The van der Waals surface area contributed by atoms with Crippen LogP contribution in [-0.2, 0) is 11.3 Å². The molecule has 3 aliphatic heterocycles. The highest BCUT2D eigenvalue weighted by molar-refractivity contribution is 7.11. The van der Waals surface area contributed by atoms with E-state index in [9.17, 15) is 0 Å². The van der Waals surface area contributed by atoms with Gasteiger partial charge < -0.3 is 9.64 Å². The van der Waals surface area contributed by atoms with E-state index in [1.807, 2.05) is 11.3 Å². The van der Waals surface area contributed by atoms with Gasteiger partial charge in [0.1, 0.15) is 0 Å². The van der Waals surface area contributed by atoms with E-state index < -0.39 is 0 Å². The Morgan fingerprint density at radius 1 is 1.12 bits per heavy atom. The minimum atomic E-state index is 0.476. The first-order chi connectivity index (χ1) is 11.7. The van der Waals surface area contributed by atoms with Gasteiger partial charge in [-0.3, -0.25) is 9.80 Å². The molecule has 0 unspecified atom stereocenters. The Balaban J connectivity index is 1.28. The summed E-state index contributed by atoms with van der Waals surface area (Å²) in [5.41, 5.74) is 0. The van der Waals surface area contributed by atoms with Crippen molar-refractivity contribution in [3.63, 3.8) is 0 Å². The minimum Gasteiger partial charge on any atom is -0.376 e. The highest BCUT2D eigenvalue weighted by Gasteiger charge is 2.41. The van der Waals surface area contributed by atoms with Gasteiger partial charge in [-0.2, -0.15) is 0 Å². The van der Waals surface area contributed by atoms with Crippen molar-refractivity contribution >= 4 is 11.3 Å². The lowest BCUT2D eigenvalue weighted by atomic mass is 9.84. The van der Waals surface area contributed by atoms with E-state index in [1.54, 1.807) is 0 Å². The molecule has 0 amide bonds. The summed E-state index contributed by atoms with van der Waals surface area (Å²) in [5, 5.41) is 0. The van der Waals surface area contributed by atoms with Gasteiger partial charge in [-0.25, -0.2) is 0 Å². The molecule has 4 nitrogen and oxygen atoms in total. The van der Waals surface area contributed by atoms with Crippen LogP contribution in [0.25, 0.3) is 0 Å². The van der Waals surface area contributed by atoms with Crippen LogP contribution in [0.1, 0.15) is 16.2 Å². The van der Waals surface area contributed by atoms with Crippen LogP contribution in [0.5, 0.6) is 0 Å². The smallest absolute Gasteiger partial charge is 0.0734 e. The summed E-state index contributed by atoms with van der Waals surface area (Å²) in [6.45, 7) is 12.7. The molecule has 134 valence electrons. The molecule has 0 N–H and O–H groups in total. The highest BCUT2D eigenvalue weighted by Crippen LogP contribution is 2.35. The van der Waals surface area contributed by atoms with Gasteiger partial charge in [0.25, 0.3) is 0 Å². The Kier molecular flexibility index (Phi) is 5.25. The molecule has 0 aliphatic carbocycles. The molecule has 1 aromatic rings. The zero-order valence-corrected chi connectivity index (χ0v) is 15.9. The summed E-state index contributed by atoms with van der Waals surface area (Å²) in [6, 6.07) is 4.55. The first kappa shape index (κ1) is 17.0. The Morgan fingerprint density at radius 3 is 2.71 bits per heavy atom. The van der Waals surface area contributed by atoms with E-state index in [4.69, 9.17) is 4.74 Å². The van der Waals surface area contributed by atoms with Gasteiger partial charge in [0.15, 0.2) is 0 Å². The number of nitrogens with zero attached hydrogens (tertiary/aromatic N) is 3. The summed E-state index contributed by atoms with van der Waals surface area (Å²) in [6.07, 6.45) is 1.79. The first-order valence-electron chi connectivity index (χ1n) is 9.47. The molecule has 3 atom stereocenters. The van der Waals surface area contributed by atoms with Gasteiger partial charge in [-0.05, 0) is 45.0 Å². The lowest BCUT2D eigenvalue weighted by molar-refractivity contribution is 0.0351. The van der Waals surface area contributed by atoms with Crippen molar-refractivity contribution in [2.45, 2.75) is 26.0 Å². The number of thiophene rings is 1. The number of aryl methyl sites for hydroxylation is 1. The molecule has 0 spiro atoms. The molecular formula is C19H31N3OS. The van der Waals surface area contributed by atoms with Gasteiger partial charge in [-0.15, -0.1) is 11.3 Å². The summed E-state index contributed by atoms with van der Waals surface area (Å²) in [5.74, 6) is 1.53. The van der Waals surface area contributed by atoms with Gasteiger partial charge in [-0.1, -0.05) is 0 Å². The first-order valence-corrected chi connectivity index (χ1v) is 10.3. The normalized spacial score (nSPS) is 33.0. The number of likely N-dealkylation sites (tertiary alicyclic amines) is 1. The zero-order valence-electron chi connectivity index (χ0n) is 15.1. The third-order valence-corrected chi connectivity index (χ3v) is 7.07. The molecule has 4 rings (SSSR count). The number of likely N-dealkylation sites (N-methyl/N-ethyl adjacent to an activating group) is 1. The Hall–Kier alpha value is -0.460. The molecular weight excluding hydrogens is 318 g/mol. The third kappa shape index (κ3) is 3.86.